The standard InChI is InChI=1S/C27H24F2N2O5/c1-17(27(34)30-12-11-18-5-3-2-4-6-18)31-23-13-19(7-10-25(23)36-16-26(31)33)24(32)15-35-20-8-9-21(28)22(29)14-20/h2-10,13-14,17H,11-12,15-16H2,1H3,(H,30,34). The minimum atomic E-state index is -1.09. The van der Waals surface area contributed by atoms with Gasteiger partial charge in [-0.15, -0.1) is 0 Å². The van der Waals surface area contributed by atoms with Crippen LogP contribution in [0.5, 0.6) is 11.5 Å². The number of benzene rings is 3. The molecule has 1 aliphatic heterocycles. The Morgan fingerprint density at radius 2 is 1.83 bits per heavy atom. The quantitative estimate of drug-likeness (QED) is 0.459. The highest BCUT2D eigenvalue weighted by molar-refractivity contribution is 6.05. The summed E-state index contributed by atoms with van der Waals surface area (Å²) in [5.74, 6) is -2.97. The number of nitrogens with zero attached hydrogens (tertiary/aromatic N) is 1. The highest BCUT2D eigenvalue weighted by atomic mass is 19.2. The highest BCUT2D eigenvalue weighted by Gasteiger charge is 2.33. The van der Waals surface area contributed by atoms with Gasteiger partial charge in [0.1, 0.15) is 17.5 Å². The number of anilines is 1. The first-order chi connectivity index (χ1) is 17.3. The topological polar surface area (TPSA) is 84.9 Å². The van der Waals surface area contributed by atoms with Crippen molar-refractivity contribution >= 4 is 23.3 Å². The van der Waals surface area contributed by atoms with E-state index in [0.717, 1.165) is 17.7 Å². The smallest absolute Gasteiger partial charge is 0.265 e. The molecule has 0 radical (unpaired) electrons. The number of nitrogens with one attached hydrogen (secondary N) is 1. The van der Waals surface area contributed by atoms with Gasteiger partial charge in [-0.05, 0) is 49.2 Å². The average Bonchev–Trinajstić information content (AvgIpc) is 2.89. The molecular weight excluding hydrogens is 470 g/mol. The van der Waals surface area contributed by atoms with Crippen molar-refractivity contribution in [3.63, 3.8) is 0 Å². The number of carbonyl (C=O) groups is 3. The van der Waals surface area contributed by atoms with Crippen LogP contribution in [0.4, 0.5) is 14.5 Å². The molecule has 1 atom stereocenters. The van der Waals surface area contributed by atoms with Crippen LogP contribution < -0.4 is 19.7 Å². The van der Waals surface area contributed by atoms with E-state index in [0.29, 0.717) is 18.7 Å². The van der Waals surface area contributed by atoms with Crippen LogP contribution in [-0.2, 0) is 16.0 Å². The number of ketones is 1. The largest absolute Gasteiger partial charge is 0.485 e. The first kappa shape index (κ1) is 24.8. The van der Waals surface area contributed by atoms with Crippen molar-refractivity contribution in [3.05, 3.63) is 89.5 Å². The van der Waals surface area contributed by atoms with Gasteiger partial charge in [0, 0.05) is 18.2 Å². The number of carbonyl (C=O) groups excluding carboxylic acids is 3. The molecule has 36 heavy (non-hydrogen) atoms. The van der Waals surface area contributed by atoms with Gasteiger partial charge in [-0.2, -0.15) is 0 Å². The zero-order valence-electron chi connectivity index (χ0n) is 19.5. The van der Waals surface area contributed by atoms with Crippen molar-refractivity contribution in [2.45, 2.75) is 19.4 Å². The fraction of sp³-hybridized carbons (Fsp3) is 0.222. The van der Waals surface area contributed by atoms with Crippen LogP contribution >= 0.6 is 0 Å². The van der Waals surface area contributed by atoms with Crippen molar-refractivity contribution in [1.82, 2.24) is 5.32 Å². The van der Waals surface area contributed by atoms with Gasteiger partial charge >= 0.3 is 0 Å². The Morgan fingerprint density at radius 3 is 2.58 bits per heavy atom. The number of Topliss-reactive ketones (excluding diaryl/α,β-unsaturated/α-hetero) is 1. The Labute approximate surface area is 206 Å². The van der Waals surface area contributed by atoms with Crippen LogP contribution in [0.2, 0.25) is 0 Å². The number of ether oxygens (including phenoxy) is 2. The normalized spacial score (nSPS) is 13.4. The second-order valence-electron chi connectivity index (χ2n) is 8.23. The van der Waals surface area contributed by atoms with Gasteiger partial charge in [-0.3, -0.25) is 19.3 Å². The number of amides is 2. The van der Waals surface area contributed by atoms with Crippen molar-refractivity contribution in [1.29, 1.82) is 0 Å². The van der Waals surface area contributed by atoms with Crippen LogP contribution in [0.3, 0.4) is 0 Å². The first-order valence-corrected chi connectivity index (χ1v) is 11.3. The zero-order chi connectivity index (χ0) is 25.7. The molecule has 186 valence electrons. The van der Waals surface area contributed by atoms with Gasteiger partial charge in [0.05, 0.1) is 5.69 Å². The predicted molar refractivity (Wildman–Crippen MR) is 128 cm³/mol. The molecule has 0 fully saturated rings. The summed E-state index contributed by atoms with van der Waals surface area (Å²) in [5.41, 5.74) is 1.57. The van der Waals surface area contributed by atoms with E-state index in [1.165, 1.54) is 23.1 Å². The Hall–Kier alpha value is -4.27. The van der Waals surface area contributed by atoms with E-state index in [1.54, 1.807) is 13.0 Å². The van der Waals surface area contributed by atoms with Crippen molar-refractivity contribution < 1.29 is 32.6 Å². The lowest BCUT2D eigenvalue weighted by atomic mass is 10.1. The molecule has 0 bridgehead atoms. The maximum atomic E-state index is 13.4. The number of hydrogen-bond acceptors (Lipinski definition) is 5. The number of fused-ring (bicyclic) bond motifs is 1. The second-order valence-corrected chi connectivity index (χ2v) is 8.23. The monoisotopic (exact) mass is 494 g/mol. The molecule has 0 saturated carbocycles. The lowest BCUT2D eigenvalue weighted by Crippen LogP contribution is -2.51. The van der Waals surface area contributed by atoms with Gasteiger partial charge in [0.25, 0.3) is 5.91 Å². The first-order valence-electron chi connectivity index (χ1n) is 11.3. The predicted octanol–water partition coefficient (Wildman–Crippen LogP) is 3.70. The molecule has 4 rings (SSSR count). The molecule has 3 aromatic rings. The van der Waals surface area contributed by atoms with Crippen molar-refractivity contribution in [3.8, 4) is 11.5 Å². The van der Waals surface area contributed by atoms with E-state index in [1.807, 2.05) is 30.3 Å². The van der Waals surface area contributed by atoms with E-state index in [9.17, 15) is 23.2 Å². The fourth-order valence-corrected chi connectivity index (χ4v) is 3.81. The van der Waals surface area contributed by atoms with Gasteiger partial charge in [-0.1, -0.05) is 30.3 Å². The summed E-state index contributed by atoms with van der Waals surface area (Å²) in [4.78, 5) is 39.5. The molecule has 1 heterocycles. The molecule has 1 N–H and O–H groups in total. The van der Waals surface area contributed by atoms with E-state index < -0.39 is 36.0 Å². The summed E-state index contributed by atoms with van der Waals surface area (Å²) in [5, 5.41) is 2.85. The Bertz CT molecular complexity index is 1280. The van der Waals surface area contributed by atoms with Crippen LogP contribution in [0, 0.1) is 11.6 Å². The minimum Gasteiger partial charge on any atom is -0.485 e. The second kappa shape index (κ2) is 11.0. The van der Waals surface area contributed by atoms with E-state index in [4.69, 9.17) is 9.47 Å². The molecule has 0 saturated heterocycles. The minimum absolute atomic E-state index is 0.00106. The van der Waals surface area contributed by atoms with Crippen LogP contribution in [-0.4, -0.2) is 43.4 Å². The molecule has 3 aromatic carbocycles. The summed E-state index contributed by atoms with van der Waals surface area (Å²) in [6.07, 6.45) is 0.642. The summed E-state index contributed by atoms with van der Waals surface area (Å²) in [6, 6.07) is 16.3. The van der Waals surface area contributed by atoms with E-state index in [-0.39, 0.29) is 29.5 Å². The third-order valence-corrected chi connectivity index (χ3v) is 5.74. The molecule has 7 nitrogen and oxygen atoms in total. The molecular formula is C27H24F2N2O5. The van der Waals surface area contributed by atoms with Crippen LogP contribution in [0.25, 0.3) is 0 Å². The summed E-state index contributed by atoms with van der Waals surface area (Å²) in [7, 11) is 0. The number of hydrogen-bond donors (Lipinski definition) is 1. The maximum absolute atomic E-state index is 13.4. The molecule has 0 aromatic heterocycles. The average molecular weight is 494 g/mol. The van der Waals surface area contributed by atoms with Gasteiger partial charge in [0.2, 0.25) is 5.91 Å². The number of rotatable bonds is 9. The summed E-state index contributed by atoms with van der Waals surface area (Å²) < 4.78 is 37.2. The highest BCUT2D eigenvalue weighted by Crippen LogP contribution is 2.34. The third kappa shape index (κ3) is 5.68. The fourth-order valence-electron chi connectivity index (χ4n) is 3.81. The SMILES string of the molecule is CC(C(=O)NCCc1ccccc1)N1C(=O)COc2ccc(C(=O)COc3ccc(F)c(F)c3)cc21. The lowest BCUT2D eigenvalue weighted by Gasteiger charge is -2.33. The molecule has 0 spiro atoms. The number of halogens is 2. The van der Waals surface area contributed by atoms with Gasteiger partial charge in [0.15, 0.2) is 30.6 Å². The van der Waals surface area contributed by atoms with Crippen LogP contribution in [0.1, 0.15) is 22.8 Å². The van der Waals surface area contributed by atoms with Crippen molar-refractivity contribution in [2.24, 2.45) is 0 Å². The molecule has 2 amide bonds. The molecule has 1 unspecified atom stereocenters. The summed E-state index contributed by atoms with van der Waals surface area (Å²) >= 11 is 0. The molecule has 0 aliphatic carbocycles. The summed E-state index contributed by atoms with van der Waals surface area (Å²) in [6.45, 7) is 1.33. The maximum Gasteiger partial charge on any atom is 0.265 e. The van der Waals surface area contributed by atoms with Gasteiger partial charge < -0.3 is 14.8 Å². The van der Waals surface area contributed by atoms with Crippen LogP contribution in [0.15, 0.2) is 66.7 Å². The Balaban J connectivity index is 1.44. The van der Waals surface area contributed by atoms with Crippen molar-refractivity contribution in [2.75, 3.05) is 24.7 Å². The van der Waals surface area contributed by atoms with Gasteiger partial charge in [-0.25, -0.2) is 8.78 Å². The zero-order valence-corrected chi connectivity index (χ0v) is 19.5. The van der Waals surface area contributed by atoms with E-state index >= 15 is 0 Å². The Morgan fingerprint density at radius 1 is 1.06 bits per heavy atom. The lowest BCUT2D eigenvalue weighted by molar-refractivity contribution is -0.127. The Kier molecular flexibility index (Phi) is 7.58. The molecule has 9 heteroatoms. The molecule has 1 aliphatic rings. The third-order valence-electron chi connectivity index (χ3n) is 5.74. The van der Waals surface area contributed by atoms with E-state index in [2.05, 4.69) is 5.32 Å².